The molecule has 108 valence electrons. The predicted molar refractivity (Wildman–Crippen MR) is 80.5 cm³/mol. The van der Waals surface area contributed by atoms with Gasteiger partial charge in [-0.2, -0.15) is 0 Å². The van der Waals surface area contributed by atoms with Crippen molar-refractivity contribution in [2.75, 3.05) is 13.6 Å². The number of pyridine rings is 1. The molecule has 1 atom stereocenters. The zero-order chi connectivity index (χ0) is 14.2. The van der Waals surface area contributed by atoms with Crippen molar-refractivity contribution >= 4 is 11.2 Å². The molecule has 1 aliphatic heterocycles. The first-order valence-corrected chi connectivity index (χ1v) is 7.39. The summed E-state index contributed by atoms with van der Waals surface area (Å²) in [4.78, 5) is 11.7. The van der Waals surface area contributed by atoms with Crippen LogP contribution in [0.4, 0.5) is 0 Å². The molecule has 3 aromatic heterocycles. The van der Waals surface area contributed by atoms with Gasteiger partial charge in [0.15, 0.2) is 5.65 Å². The third-order valence-electron chi connectivity index (χ3n) is 4.30. The Balaban J connectivity index is 1.82. The molecule has 0 aliphatic carbocycles. The summed E-state index contributed by atoms with van der Waals surface area (Å²) in [6.07, 6.45) is 6.91. The standard InChI is InChI=1S/C16H18N4O/c1-19-9-3-5-12(19)11-14-18-13-6-2-8-17-16(13)20(14)15-7-4-10-21-15/h2,4,6-8,10,12H,3,5,9,11H2,1H3. The van der Waals surface area contributed by atoms with Crippen molar-refractivity contribution < 1.29 is 4.42 Å². The normalized spacial score (nSPS) is 19.6. The zero-order valence-corrected chi connectivity index (χ0v) is 12.1. The molecule has 0 aromatic carbocycles. The molecule has 1 fully saturated rings. The average molecular weight is 282 g/mol. The van der Waals surface area contributed by atoms with E-state index < -0.39 is 0 Å². The highest BCUT2D eigenvalue weighted by molar-refractivity contribution is 5.73. The minimum Gasteiger partial charge on any atom is -0.448 e. The number of fused-ring (bicyclic) bond motifs is 1. The monoisotopic (exact) mass is 282 g/mol. The van der Waals surface area contributed by atoms with Crippen LogP contribution in [0.5, 0.6) is 0 Å². The van der Waals surface area contributed by atoms with E-state index in [1.807, 2.05) is 28.8 Å². The Labute approximate surface area is 123 Å². The number of rotatable bonds is 3. The second-order valence-corrected chi connectivity index (χ2v) is 5.64. The smallest absolute Gasteiger partial charge is 0.206 e. The van der Waals surface area contributed by atoms with Crippen LogP contribution in [0.2, 0.25) is 0 Å². The number of furan rings is 1. The number of aromatic nitrogens is 3. The van der Waals surface area contributed by atoms with Gasteiger partial charge in [-0.1, -0.05) is 0 Å². The molecule has 5 nitrogen and oxygen atoms in total. The molecule has 3 aromatic rings. The lowest BCUT2D eigenvalue weighted by atomic mass is 10.1. The third kappa shape index (κ3) is 2.14. The first-order valence-electron chi connectivity index (χ1n) is 7.39. The highest BCUT2D eigenvalue weighted by Crippen LogP contribution is 2.24. The number of likely N-dealkylation sites (tertiary alicyclic amines) is 1. The molecule has 0 amide bonds. The second kappa shape index (κ2) is 5.00. The SMILES string of the molecule is CN1CCCC1Cc1nc2cccnc2n1-c1ccco1. The van der Waals surface area contributed by atoms with E-state index in [0.717, 1.165) is 29.3 Å². The van der Waals surface area contributed by atoms with E-state index in [-0.39, 0.29) is 0 Å². The van der Waals surface area contributed by atoms with Crippen LogP contribution in [0, 0.1) is 0 Å². The molecule has 4 heterocycles. The minimum atomic E-state index is 0.551. The maximum Gasteiger partial charge on any atom is 0.206 e. The lowest BCUT2D eigenvalue weighted by Gasteiger charge is -2.19. The van der Waals surface area contributed by atoms with E-state index in [1.165, 1.54) is 19.4 Å². The number of nitrogens with zero attached hydrogens (tertiary/aromatic N) is 4. The number of hydrogen-bond donors (Lipinski definition) is 0. The minimum absolute atomic E-state index is 0.551. The van der Waals surface area contributed by atoms with Gasteiger partial charge in [-0.3, -0.25) is 0 Å². The molecule has 0 N–H and O–H groups in total. The molecule has 0 spiro atoms. The predicted octanol–water partition coefficient (Wildman–Crippen LogP) is 2.65. The summed E-state index contributed by atoms with van der Waals surface area (Å²) in [6.45, 7) is 1.17. The van der Waals surface area contributed by atoms with E-state index in [9.17, 15) is 0 Å². The lowest BCUT2D eigenvalue weighted by molar-refractivity contribution is 0.304. The van der Waals surface area contributed by atoms with Crippen molar-refractivity contribution in [2.24, 2.45) is 0 Å². The van der Waals surface area contributed by atoms with Gasteiger partial charge in [0, 0.05) is 24.7 Å². The molecule has 1 aliphatic rings. The molecule has 0 radical (unpaired) electrons. The fraction of sp³-hybridized carbons (Fsp3) is 0.375. The maximum atomic E-state index is 5.59. The molecule has 0 saturated carbocycles. The van der Waals surface area contributed by atoms with Crippen LogP contribution < -0.4 is 0 Å². The Morgan fingerprint density at radius 2 is 2.29 bits per heavy atom. The number of likely N-dealkylation sites (N-methyl/N-ethyl adjacent to an activating group) is 1. The maximum absolute atomic E-state index is 5.59. The molecule has 4 rings (SSSR count). The lowest BCUT2D eigenvalue weighted by Crippen LogP contribution is -2.28. The zero-order valence-electron chi connectivity index (χ0n) is 12.1. The van der Waals surface area contributed by atoms with Gasteiger partial charge in [0.05, 0.1) is 6.26 Å². The fourth-order valence-electron chi connectivity index (χ4n) is 3.17. The van der Waals surface area contributed by atoms with Crippen LogP contribution in [0.3, 0.4) is 0 Å². The van der Waals surface area contributed by atoms with Gasteiger partial charge in [-0.25, -0.2) is 14.5 Å². The quantitative estimate of drug-likeness (QED) is 0.741. The van der Waals surface area contributed by atoms with Gasteiger partial charge < -0.3 is 9.32 Å². The molecule has 21 heavy (non-hydrogen) atoms. The number of hydrogen-bond acceptors (Lipinski definition) is 4. The van der Waals surface area contributed by atoms with Crippen LogP contribution in [0.1, 0.15) is 18.7 Å². The van der Waals surface area contributed by atoms with Crippen LogP contribution in [0.25, 0.3) is 17.0 Å². The largest absolute Gasteiger partial charge is 0.448 e. The first-order chi connectivity index (χ1) is 10.3. The summed E-state index contributed by atoms with van der Waals surface area (Å²) in [6, 6.07) is 8.33. The van der Waals surface area contributed by atoms with E-state index >= 15 is 0 Å². The summed E-state index contributed by atoms with van der Waals surface area (Å²) in [5, 5.41) is 0. The summed E-state index contributed by atoms with van der Waals surface area (Å²) in [5.41, 5.74) is 1.78. The third-order valence-corrected chi connectivity index (χ3v) is 4.30. The Morgan fingerprint density at radius 1 is 1.33 bits per heavy atom. The van der Waals surface area contributed by atoms with Crippen molar-refractivity contribution in [1.82, 2.24) is 19.4 Å². The molecule has 5 heteroatoms. The van der Waals surface area contributed by atoms with Gasteiger partial charge in [-0.05, 0) is 44.6 Å². The van der Waals surface area contributed by atoms with Gasteiger partial charge in [0.2, 0.25) is 5.88 Å². The molecule has 0 bridgehead atoms. The Morgan fingerprint density at radius 3 is 3.05 bits per heavy atom. The Bertz CT molecular complexity index is 747. The van der Waals surface area contributed by atoms with Crippen LogP contribution in [-0.2, 0) is 6.42 Å². The number of imidazole rings is 1. The van der Waals surface area contributed by atoms with Gasteiger partial charge in [0.1, 0.15) is 11.3 Å². The van der Waals surface area contributed by atoms with Gasteiger partial charge >= 0.3 is 0 Å². The van der Waals surface area contributed by atoms with Crippen LogP contribution >= 0.6 is 0 Å². The van der Waals surface area contributed by atoms with E-state index in [1.54, 1.807) is 12.5 Å². The summed E-state index contributed by atoms with van der Waals surface area (Å²) in [5.74, 6) is 1.81. The van der Waals surface area contributed by atoms with Crippen LogP contribution in [0.15, 0.2) is 41.1 Å². The first kappa shape index (κ1) is 12.6. The topological polar surface area (TPSA) is 47.1 Å². The average Bonchev–Trinajstić information content (AvgIpc) is 3.19. The molecule has 1 unspecified atom stereocenters. The van der Waals surface area contributed by atoms with Crippen molar-refractivity contribution in [1.29, 1.82) is 0 Å². The van der Waals surface area contributed by atoms with Gasteiger partial charge in [0.25, 0.3) is 0 Å². The van der Waals surface area contributed by atoms with Crippen LogP contribution in [-0.4, -0.2) is 39.1 Å². The Hall–Kier alpha value is -2.14. The molecule has 1 saturated heterocycles. The van der Waals surface area contributed by atoms with Crippen molar-refractivity contribution in [2.45, 2.75) is 25.3 Å². The van der Waals surface area contributed by atoms with E-state index in [4.69, 9.17) is 9.40 Å². The highest BCUT2D eigenvalue weighted by atomic mass is 16.3. The molecular weight excluding hydrogens is 264 g/mol. The van der Waals surface area contributed by atoms with E-state index in [2.05, 4.69) is 16.9 Å². The van der Waals surface area contributed by atoms with Crippen molar-refractivity contribution in [3.8, 4) is 5.88 Å². The second-order valence-electron chi connectivity index (χ2n) is 5.64. The summed E-state index contributed by atoms with van der Waals surface area (Å²) >= 11 is 0. The van der Waals surface area contributed by atoms with Gasteiger partial charge in [-0.15, -0.1) is 0 Å². The van der Waals surface area contributed by atoms with Crippen molar-refractivity contribution in [3.05, 3.63) is 42.5 Å². The Kier molecular flexibility index (Phi) is 3.00. The fourth-order valence-corrected chi connectivity index (χ4v) is 3.17. The summed E-state index contributed by atoms with van der Waals surface area (Å²) in [7, 11) is 2.19. The molecular formula is C16H18N4O. The van der Waals surface area contributed by atoms with Crippen molar-refractivity contribution in [3.63, 3.8) is 0 Å². The van der Waals surface area contributed by atoms with E-state index in [0.29, 0.717) is 6.04 Å². The highest BCUT2D eigenvalue weighted by Gasteiger charge is 2.25. The summed E-state index contributed by atoms with van der Waals surface area (Å²) < 4.78 is 7.63.